The topological polar surface area (TPSA) is 78.9 Å². The fourth-order valence-electron chi connectivity index (χ4n) is 1.55. The molecule has 2 N–H and O–H groups in total. The van der Waals surface area contributed by atoms with E-state index in [9.17, 15) is 9.90 Å². The van der Waals surface area contributed by atoms with Crippen molar-refractivity contribution in [3.63, 3.8) is 0 Å². The van der Waals surface area contributed by atoms with Crippen LogP contribution in [0.4, 0.5) is 0 Å². The zero-order valence-electron chi connectivity index (χ0n) is 9.65. The minimum Gasteiger partial charge on any atom is -0.493 e. The number of H-pyrrole nitrogens is 1. The van der Waals surface area contributed by atoms with Crippen LogP contribution in [-0.2, 0) is 6.42 Å². The first-order valence-corrected chi connectivity index (χ1v) is 6.24. The van der Waals surface area contributed by atoms with Crippen LogP contribution < -0.4 is 5.56 Å². The first-order chi connectivity index (χ1) is 8.11. The average molecular weight is 251 g/mol. The van der Waals surface area contributed by atoms with Crippen molar-refractivity contribution in [2.75, 3.05) is 0 Å². The summed E-state index contributed by atoms with van der Waals surface area (Å²) < 4.78 is 0. The number of hydrogen-bond acceptors (Lipinski definition) is 5. The Morgan fingerprint density at radius 1 is 1.47 bits per heavy atom. The monoisotopic (exact) mass is 251 g/mol. The molecule has 2 heterocycles. The van der Waals surface area contributed by atoms with Crippen molar-refractivity contribution in [2.45, 2.75) is 26.7 Å². The quantitative estimate of drug-likeness (QED) is 0.872. The highest BCUT2D eigenvalue weighted by Crippen LogP contribution is 2.20. The summed E-state index contributed by atoms with van der Waals surface area (Å²) in [5, 5.41) is 12.4. The van der Waals surface area contributed by atoms with Gasteiger partial charge in [0.15, 0.2) is 5.82 Å². The van der Waals surface area contributed by atoms with E-state index in [1.54, 1.807) is 5.38 Å². The van der Waals surface area contributed by atoms with E-state index < -0.39 is 0 Å². The Labute approximate surface area is 102 Å². The van der Waals surface area contributed by atoms with Crippen LogP contribution in [0.25, 0.3) is 11.5 Å². The molecule has 17 heavy (non-hydrogen) atoms. The molecule has 0 radical (unpaired) electrons. The maximum absolute atomic E-state index is 11.8. The van der Waals surface area contributed by atoms with Gasteiger partial charge in [-0.15, -0.1) is 11.3 Å². The molecule has 90 valence electrons. The summed E-state index contributed by atoms with van der Waals surface area (Å²) in [6.07, 6.45) is 1.30. The number of nitrogens with one attached hydrogen (secondary N) is 1. The molecule has 0 spiro atoms. The lowest BCUT2D eigenvalue weighted by Gasteiger charge is -2.02. The van der Waals surface area contributed by atoms with Gasteiger partial charge >= 0.3 is 0 Å². The molecule has 0 bridgehead atoms. The van der Waals surface area contributed by atoms with Crippen LogP contribution in [0.2, 0.25) is 0 Å². The average Bonchev–Trinajstić information content (AvgIpc) is 2.70. The molecule has 6 heteroatoms. The summed E-state index contributed by atoms with van der Waals surface area (Å²) in [5.41, 5.74) is 0.631. The number of rotatable bonds is 3. The molecule has 0 fully saturated rings. The van der Waals surface area contributed by atoms with Crippen LogP contribution >= 0.6 is 11.3 Å². The highest BCUT2D eigenvalue weighted by molar-refractivity contribution is 7.09. The zero-order chi connectivity index (χ0) is 12.4. The third-order valence-electron chi connectivity index (χ3n) is 2.36. The van der Waals surface area contributed by atoms with Crippen molar-refractivity contribution in [2.24, 2.45) is 0 Å². The number of hydrogen-bond donors (Lipinski definition) is 2. The van der Waals surface area contributed by atoms with Crippen molar-refractivity contribution < 1.29 is 5.11 Å². The lowest BCUT2D eigenvalue weighted by molar-refractivity contribution is 0.443. The van der Waals surface area contributed by atoms with E-state index in [0.29, 0.717) is 23.5 Å². The second kappa shape index (κ2) is 4.67. The predicted octanol–water partition coefficient (Wildman–Crippen LogP) is 1.86. The normalized spacial score (nSPS) is 10.7. The van der Waals surface area contributed by atoms with E-state index in [2.05, 4.69) is 15.0 Å². The Balaban J connectivity index is 2.49. The van der Waals surface area contributed by atoms with E-state index in [0.717, 1.165) is 11.4 Å². The molecule has 2 aromatic rings. The van der Waals surface area contributed by atoms with E-state index in [1.807, 2.05) is 13.8 Å². The fraction of sp³-hybridized carbons (Fsp3) is 0.364. The molecule has 0 aliphatic heterocycles. The molecule has 0 amide bonds. The number of aromatic amines is 1. The molecule has 2 aromatic heterocycles. The van der Waals surface area contributed by atoms with Gasteiger partial charge in [0.2, 0.25) is 5.88 Å². The number of aryl methyl sites for hydroxylation is 1. The van der Waals surface area contributed by atoms with Gasteiger partial charge < -0.3 is 10.1 Å². The third kappa shape index (κ3) is 2.36. The molecule has 0 atom stereocenters. The van der Waals surface area contributed by atoms with Gasteiger partial charge in [0.05, 0.1) is 10.6 Å². The Morgan fingerprint density at radius 3 is 2.76 bits per heavy atom. The molecule has 0 unspecified atom stereocenters. The molecule has 0 saturated carbocycles. The lowest BCUT2D eigenvalue weighted by atomic mass is 10.2. The van der Waals surface area contributed by atoms with Crippen LogP contribution in [0.1, 0.15) is 23.9 Å². The molecule has 2 rings (SSSR count). The first-order valence-electron chi connectivity index (χ1n) is 5.36. The smallest absolute Gasteiger partial charge is 0.258 e. The number of aromatic hydroxyl groups is 1. The Morgan fingerprint density at radius 2 is 2.24 bits per heavy atom. The summed E-state index contributed by atoms with van der Waals surface area (Å²) in [4.78, 5) is 22.6. The maximum Gasteiger partial charge on any atom is 0.258 e. The van der Waals surface area contributed by atoms with Crippen molar-refractivity contribution in [1.29, 1.82) is 0 Å². The minimum absolute atomic E-state index is 0.198. The van der Waals surface area contributed by atoms with Crippen LogP contribution in [0.3, 0.4) is 0 Å². The molecule has 0 aliphatic carbocycles. The van der Waals surface area contributed by atoms with E-state index >= 15 is 0 Å². The standard InChI is InChI=1S/C11H13N3O2S/c1-3-4-7-10(15)13-9(14-11(7)16)8-5-17-6(2)12-8/h5H,3-4H2,1-2H3,(H2,13,14,15,16). The Bertz CT molecular complexity index is 589. The van der Waals surface area contributed by atoms with Crippen LogP contribution in [-0.4, -0.2) is 20.1 Å². The second-order valence-electron chi connectivity index (χ2n) is 3.72. The molecular formula is C11H13N3O2S. The Kier molecular flexibility index (Phi) is 3.23. The van der Waals surface area contributed by atoms with Crippen molar-refractivity contribution in [1.82, 2.24) is 15.0 Å². The molecule has 5 nitrogen and oxygen atoms in total. The van der Waals surface area contributed by atoms with Gasteiger partial charge in [-0.25, -0.2) is 4.98 Å². The second-order valence-corrected chi connectivity index (χ2v) is 4.78. The summed E-state index contributed by atoms with van der Waals surface area (Å²) in [6, 6.07) is 0. The van der Waals surface area contributed by atoms with Crippen molar-refractivity contribution in [3.05, 3.63) is 26.3 Å². The van der Waals surface area contributed by atoms with Gasteiger partial charge in [0, 0.05) is 5.38 Å². The molecular weight excluding hydrogens is 238 g/mol. The molecule has 0 aromatic carbocycles. The van der Waals surface area contributed by atoms with Gasteiger partial charge in [0.1, 0.15) is 5.69 Å². The fourth-order valence-corrected chi connectivity index (χ4v) is 2.15. The van der Waals surface area contributed by atoms with Gasteiger partial charge in [-0.1, -0.05) is 13.3 Å². The zero-order valence-corrected chi connectivity index (χ0v) is 10.5. The number of thiazole rings is 1. The maximum atomic E-state index is 11.8. The van der Waals surface area contributed by atoms with Crippen LogP contribution in [0, 0.1) is 6.92 Å². The summed E-state index contributed by atoms with van der Waals surface area (Å²) in [6.45, 7) is 3.81. The largest absolute Gasteiger partial charge is 0.493 e. The van der Waals surface area contributed by atoms with Gasteiger partial charge in [-0.2, -0.15) is 4.98 Å². The van der Waals surface area contributed by atoms with Crippen LogP contribution in [0.5, 0.6) is 5.88 Å². The van der Waals surface area contributed by atoms with Crippen molar-refractivity contribution in [3.8, 4) is 17.4 Å². The minimum atomic E-state index is -0.292. The van der Waals surface area contributed by atoms with E-state index in [4.69, 9.17) is 0 Å². The highest BCUT2D eigenvalue weighted by atomic mass is 32.1. The molecule has 0 saturated heterocycles. The number of nitrogens with zero attached hydrogens (tertiary/aromatic N) is 2. The summed E-state index contributed by atoms with van der Waals surface area (Å²) in [5.74, 6) is 0.118. The Hall–Kier alpha value is -1.69. The van der Waals surface area contributed by atoms with E-state index in [-0.39, 0.29) is 11.4 Å². The highest BCUT2D eigenvalue weighted by Gasteiger charge is 2.12. The van der Waals surface area contributed by atoms with E-state index in [1.165, 1.54) is 11.3 Å². The van der Waals surface area contributed by atoms with Gasteiger partial charge in [-0.3, -0.25) is 4.79 Å². The third-order valence-corrected chi connectivity index (χ3v) is 3.13. The summed E-state index contributed by atoms with van der Waals surface area (Å²) in [7, 11) is 0. The summed E-state index contributed by atoms with van der Waals surface area (Å²) >= 11 is 1.47. The lowest BCUT2D eigenvalue weighted by Crippen LogP contribution is -2.15. The first kappa shape index (κ1) is 11.8. The van der Waals surface area contributed by atoms with Crippen molar-refractivity contribution >= 4 is 11.3 Å². The van der Waals surface area contributed by atoms with Gasteiger partial charge in [-0.05, 0) is 13.3 Å². The number of aromatic nitrogens is 3. The van der Waals surface area contributed by atoms with Crippen LogP contribution in [0.15, 0.2) is 10.2 Å². The SMILES string of the molecule is CCCc1c(O)nc(-c2csc(C)n2)[nH]c1=O. The predicted molar refractivity (Wildman–Crippen MR) is 66.4 cm³/mol. The molecule has 0 aliphatic rings. The van der Waals surface area contributed by atoms with Gasteiger partial charge in [0.25, 0.3) is 5.56 Å².